The summed E-state index contributed by atoms with van der Waals surface area (Å²) in [4.78, 5) is 3.90. The van der Waals surface area contributed by atoms with Crippen LogP contribution in [-0.2, 0) is 15.6 Å². The summed E-state index contributed by atoms with van der Waals surface area (Å²) in [6.45, 7) is 0. The average molecular weight is 362 g/mol. The summed E-state index contributed by atoms with van der Waals surface area (Å²) in [5.41, 5.74) is 6.41. The third-order valence-electron chi connectivity index (χ3n) is 2.43. The first-order valence-electron chi connectivity index (χ1n) is 5.26. The molecule has 2 aromatic rings. The highest BCUT2D eigenvalue weighted by molar-refractivity contribution is 9.10. The van der Waals surface area contributed by atoms with Crippen molar-refractivity contribution in [1.29, 1.82) is 0 Å². The number of nitrogens with two attached hydrogens (primary N) is 1. The largest absolute Gasteiger partial charge is 0.398 e. The van der Waals surface area contributed by atoms with E-state index in [2.05, 4.69) is 20.9 Å². The Hall–Kier alpha value is -1.11. The van der Waals surface area contributed by atoms with Crippen molar-refractivity contribution in [1.82, 2.24) is 4.98 Å². The van der Waals surface area contributed by atoms with E-state index in [0.717, 1.165) is 0 Å². The highest BCUT2D eigenvalue weighted by Gasteiger charge is 2.21. The predicted molar refractivity (Wildman–Crippen MR) is 78.7 cm³/mol. The highest BCUT2D eigenvalue weighted by Crippen LogP contribution is 2.30. The zero-order valence-electron chi connectivity index (χ0n) is 9.68. The Balaban J connectivity index is 2.44. The van der Waals surface area contributed by atoms with Gasteiger partial charge in [0.25, 0.3) is 0 Å². The summed E-state index contributed by atoms with van der Waals surface area (Å²) in [7, 11) is -3.61. The van der Waals surface area contributed by atoms with Crippen LogP contribution >= 0.6 is 27.5 Å². The number of hydrogen-bond donors (Lipinski definition) is 1. The van der Waals surface area contributed by atoms with E-state index in [9.17, 15) is 8.42 Å². The van der Waals surface area contributed by atoms with Gasteiger partial charge < -0.3 is 5.73 Å². The van der Waals surface area contributed by atoms with Crippen LogP contribution in [0.2, 0.25) is 5.02 Å². The molecular formula is C12H10BrClN2O2S. The molecule has 1 aromatic heterocycles. The van der Waals surface area contributed by atoms with Crippen molar-refractivity contribution in [2.45, 2.75) is 10.6 Å². The molecule has 0 fully saturated rings. The first kappa shape index (κ1) is 14.3. The van der Waals surface area contributed by atoms with E-state index >= 15 is 0 Å². The van der Waals surface area contributed by atoms with Gasteiger partial charge in [-0.3, -0.25) is 4.98 Å². The Labute approximate surface area is 124 Å². The van der Waals surface area contributed by atoms with Gasteiger partial charge in [-0.2, -0.15) is 0 Å². The van der Waals surface area contributed by atoms with Crippen LogP contribution in [0.25, 0.3) is 0 Å². The molecule has 4 nitrogen and oxygen atoms in total. The lowest BCUT2D eigenvalue weighted by Gasteiger charge is -2.09. The normalized spacial score (nSPS) is 11.5. The monoisotopic (exact) mass is 360 g/mol. The van der Waals surface area contributed by atoms with E-state index in [1.54, 1.807) is 18.3 Å². The summed E-state index contributed by atoms with van der Waals surface area (Å²) in [6, 6.07) is 6.32. The second-order valence-electron chi connectivity index (χ2n) is 3.93. The van der Waals surface area contributed by atoms with Crippen LogP contribution in [0.3, 0.4) is 0 Å². The summed E-state index contributed by atoms with van der Waals surface area (Å²) < 4.78 is 25.4. The molecule has 0 spiro atoms. The van der Waals surface area contributed by atoms with Crippen molar-refractivity contribution in [3.05, 3.63) is 51.7 Å². The van der Waals surface area contributed by atoms with E-state index in [1.165, 1.54) is 18.3 Å². The highest BCUT2D eigenvalue weighted by atomic mass is 79.9. The molecule has 0 saturated carbocycles. The molecule has 0 saturated heterocycles. The van der Waals surface area contributed by atoms with Gasteiger partial charge in [0, 0.05) is 16.9 Å². The van der Waals surface area contributed by atoms with Crippen molar-refractivity contribution in [2.75, 3.05) is 5.73 Å². The van der Waals surface area contributed by atoms with Crippen LogP contribution in [0.5, 0.6) is 0 Å². The molecule has 100 valence electrons. The maximum Gasteiger partial charge on any atom is 0.186 e. The number of nitrogens with zero attached hydrogens (tertiary/aromatic N) is 1. The molecule has 0 radical (unpaired) electrons. The topological polar surface area (TPSA) is 73.1 Å². The van der Waals surface area contributed by atoms with Crippen LogP contribution in [0.4, 0.5) is 5.69 Å². The van der Waals surface area contributed by atoms with Gasteiger partial charge in [-0.05, 0) is 39.7 Å². The van der Waals surface area contributed by atoms with E-state index < -0.39 is 9.84 Å². The summed E-state index contributed by atoms with van der Waals surface area (Å²) in [5.74, 6) is -0.201. The van der Waals surface area contributed by atoms with Crippen LogP contribution in [0.15, 0.2) is 46.0 Å². The molecule has 7 heteroatoms. The molecular weight excluding hydrogens is 352 g/mol. The molecule has 19 heavy (non-hydrogen) atoms. The molecule has 0 aliphatic carbocycles. The SMILES string of the molecule is Nc1cccc(Cl)c1S(=O)(=O)Cc1cncc(Br)c1. The van der Waals surface area contributed by atoms with Gasteiger partial charge >= 0.3 is 0 Å². The summed E-state index contributed by atoms with van der Waals surface area (Å²) >= 11 is 9.17. The van der Waals surface area contributed by atoms with Crippen molar-refractivity contribution < 1.29 is 8.42 Å². The van der Waals surface area contributed by atoms with Gasteiger partial charge in [-0.15, -0.1) is 0 Å². The quantitative estimate of drug-likeness (QED) is 0.853. The number of aromatic nitrogens is 1. The summed E-state index contributed by atoms with van der Waals surface area (Å²) in [6.07, 6.45) is 3.08. The predicted octanol–water partition coefficient (Wildman–Crippen LogP) is 3.05. The van der Waals surface area contributed by atoms with Crippen LogP contribution in [0, 0.1) is 0 Å². The minimum absolute atomic E-state index is 0.0309. The van der Waals surface area contributed by atoms with Crippen LogP contribution < -0.4 is 5.73 Å². The number of nitrogen functional groups attached to an aromatic ring is 1. The number of pyridine rings is 1. The molecule has 0 aliphatic heterocycles. The van der Waals surface area contributed by atoms with E-state index in [1.807, 2.05) is 0 Å². The maximum absolute atomic E-state index is 12.3. The number of benzene rings is 1. The Morgan fingerprint density at radius 2 is 2.05 bits per heavy atom. The fraction of sp³-hybridized carbons (Fsp3) is 0.0833. The van der Waals surface area contributed by atoms with Gasteiger partial charge in [-0.1, -0.05) is 17.7 Å². The van der Waals surface area contributed by atoms with E-state index in [-0.39, 0.29) is 21.4 Å². The zero-order valence-corrected chi connectivity index (χ0v) is 12.8. The molecule has 1 heterocycles. The molecule has 2 N–H and O–H groups in total. The van der Waals surface area contributed by atoms with Crippen molar-refractivity contribution in [3.8, 4) is 0 Å². The lowest BCUT2D eigenvalue weighted by Crippen LogP contribution is -2.09. The fourth-order valence-corrected chi connectivity index (χ4v) is 4.16. The number of hydrogen-bond acceptors (Lipinski definition) is 4. The smallest absolute Gasteiger partial charge is 0.186 e. The minimum Gasteiger partial charge on any atom is -0.398 e. The standard InChI is InChI=1S/C12H10BrClN2O2S/c13-9-4-8(5-16-6-9)7-19(17,18)12-10(14)2-1-3-11(12)15/h1-6H,7,15H2. The Morgan fingerprint density at radius 1 is 1.32 bits per heavy atom. The Morgan fingerprint density at radius 3 is 2.68 bits per heavy atom. The fourth-order valence-electron chi connectivity index (χ4n) is 1.68. The van der Waals surface area contributed by atoms with Crippen LogP contribution in [0.1, 0.15) is 5.56 Å². The van der Waals surface area contributed by atoms with Crippen LogP contribution in [-0.4, -0.2) is 13.4 Å². The number of sulfone groups is 1. The van der Waals surface area contributed by atoms with Gasteiger partial charge in [0.05, 0.1) is 16.5 Å². The lowest BCUT2D eigenvalue weighted by atomic mass is 10.3. The maximum atomic E-state index is 12.3. The van der Waals surface area contributed by atoms with Gasteiger partial charge in [0.1, 0.15) is 4.90 Å². The zero-order chi connectivity index (χ0) is 14.0. The molecule has 0 atom stereocenters. The van der Waals surface area contributed by atoms with E-state index in [4.69, 9.17) is 17.3 Å². The van der Waals surface area contributed by atoms with Crippen molar-refractivity contribution in [3.63, 3.8) is 0 Å². The molecule has 0 amide bonds. The first-order valence-corrected chi connectivity index (χ1v) is 8.08. The van der Waals surface area contributed by atoms with Gasteiger partial charge in [-0.25, -0.2) is 8.42 Å². The molecule has 1 aromatic carbocycles. The molecule has 2 rings (SSSR count). The number of halogens is 2. The Bertz CT molecular complexity index is 699. The Kier molecular flexibility index (Phi) is 4.13. The van der Waals surface area contributed by atoms with Crippen molar-refractivity contribution >= 4 is 43.1 Å². The van der Waals surface area contributed by atoms with Gasteiger partial charge in [0.15, 0.2) is 9.84 Å². The molecule has 0 unspecified atom stereocenters. The average Bonchev–Trinajstić information content (AvgIpc) is 2.27. The summed E-state index contributed by atoms with van der Waals surface area (Å²) in [5, 5.41) is 0.128. The lowest BCUT2D eigenvalue weighted by molar-refractivity contribution is 0.595. The number of anilines is 1. The third-order valence-corrected chi connectivity index (χ3v) is 5.08. The molecule has 0 bridgehead atoms. The van der Waals surface area contributed by atoms with Crippen molar-refractivity contribution in [2.24, 2.45) is 0 Å². The van der Waals surface area contributed by atoms with Gasteiger partial charge in [0.2, 0.25) is 0 Å². The third kappa shape index (κ3) is 3.26. The molecule has 0 aliphatic rings. The first-order chi connectivity index (χ1) is 8.90. The minimum atomic E-state index is -3.61. The van der Waals surface area contributed by atoms with E-state index in [0.29, 0.717) is 10.0 Å². The second-order valence-corrected chi connectivity index (χ2v) is 7.18. The second kappa shape index (κ2) is 5.48. The number of rotatable bonds is 3.